The smallest absolute Gasteiger partial charge is 0.297 e. The SMILES string of the molecule is CCCc1c(Cl)[nH]c(=O)n(C(C)C(C)(C)C)c1=O. The first-order chi connectivity index (χ1) is 8.20. The molecule has 0 fully saturated rings. The molecule has 0 aliphatic carbocycles. The third-order valence-electron chi connectivity index (χ3n) is 3.32. The minimum absolute atomic E-state index is 0.171. The first kappa shape index (κ1) is 15.0. The Labute approximate surface area is 112 Å². The summed E-state index contributed by atoms with van der Waals surface area (Å²) in [5.74, 6) is 0. The number of hydrogen-bond donors (Lipinski definition) is 1. The van der Waals surface area contributed by atoms with E-state index >= 15 is 0 Å². The van der Waals surface area contributed by atoms with Crippen LogP contribution < -0.4 is 11.2 Å². The molecule has 0 radical (unpaired) electrons. The normalized spacial score (nSPS) is 13.7. The summed E-state index contributed by atoms with van der Waals surface area (Å²) in [6, 6.07) is -0.193. The monoisotopic (exact) mass is 272 g/mol. The maximum absolute atomic E-state index is 12.3. The number of hydrogen-bond acceptors (Lipinski definition) is 2. The molecule has 102 valence electrons. The van der Waals surface area contributed by atoms with E-state index in [1.807, 2.05) is 34.6 Å². The molecule has 4 nitrogen and oxygen atoms in total. The molecule has 0 bridgehead atoms. The van der Waals surface area contributed by atoms with Gasteiger partial charge in [-0.3, -0.25) is 14.3 Å². The van der Waals surface area contributed by atoms with Gasteiger partial charge in [0, 0.05) is 6.04 Å². The van der Waals surface area contributed by atoms with Crippen molar-refractivity contribution in [2.75, 3.05) is 0 Å². The zero-order valence-corrected chi connectivity index (χ0v) is 12.4. The van der Waals surface area contributed by atoms with E-state index in [4.69, 9.17) is 11.6 Å². The number of nitrogens with zero attached hydrogens (tertiary/aromatic N) is 1. The fraction of sp³-hybridized carbons (Fsp3) is 0.692. The molecule has 1 aromatic rings. The molecule has 1 N–H and O–H groups in total. The Balaban J connectivity index is 3.51. The molecule has 18 heavy (non-hydrogen) atoms. The molecule has 1 unspecified atom stereocenters. The Morgan fingerprint density at radius 3 is 2.33 bits per heavy atom. The van der Waals surface area contributed by atoms with Gasteiger partial charge >= 0.3 is 5.69 Å². The van der Waals surface area contributed by atoms with E-state index < -0.39 is 5.69 Å². The van der Waals surface area contributed by atoms with E-state index in [2.05, 4.69) is 4.98 Å². The lowest BCUT2D eigenvalue weighted by Gasteiger charge is -2.28. The quantitative estimate of drug-likeness (QED) is 0.860. The van der Waals surface area contributed by atoms with Gasteiger partial charge in [0.05, 0.1) is 5.56 Å². The summed E-state index contributed by atoms with van der Waals surface area (Å²) in [6.45, 7) is 9.84. The van der Waals surface area contributed by atoms with Crippen molar-refractivity contribution in [2.45, 2.75) is 53.5 Å². The highest BCUT2D eigenvalue weighted by atomic mass is 35.5. The zero-order valence-electron chi connectivity index (χ0n) is 11.6. The summed E-state index contributed by atoms with van der Waals surface area (Å²) >= 11 is 5.94. The minimum atomic E-state index is -0.438. The maximum Gasteiger partial charge on any atom is 0.329 e. The molecule has 1 aromatic heterocycles. The lowest BCUT2D eigenvalue weighted by molar-refractivity contribution is 0.249. The first-order valence-electron chi connectivity index (χ1n) is 6.23. The number of aromatic amines is 1. The van der Waals surface area contributed by atoms with Crippen molar-refractivity contribution < 1.29 is 0 Å². The van der Waals surface area contributed by atoms with Crippen LogP contribution in [0.4, 0.5) is 0 Å². The number of H-pyrrole nitrogens is 1. The fourth-order valence-electron chi connectivity index (χ4n) is 1.77. The predicted molar refractivity (Wildman–Crippen MR) is 74.5 cm³/mol. The topological polar surface area (TPSA) is 54.9 Å². The Kier molecular flexibility index (Phi) is 4.43. The molecule has 0 aliphatic rings. The molecule has 0 amide bonds. The van der Waals surface area contributed by atoms with E-state index in [9.17, 15) is 9.59 Å². The largest absolute Gasteiger partial charge is 0.329 e. The van der Waals surface area contributed by atoms with Gasteiger partial charge in [-0.05, 0) is 18.8 Å². The maximum atomic E-state index is 12.3. The molecule has 0 spiro atoms. The van der Waals surface area contributed by atoms with Crippen molar-refractivity contribution in [2.24, 2.45) is 5.41 Å². The molecule has 0 aliphatic heterocycles. The summed E-state index contributed by atoms with van der Waals surface area (Å²) in [5, 5.41) is 0.171. The third-order valence-corrected chi connectivity index (χ3v) is 3.64. The van der Waals surface area contributed by atoms with Gasteiger partial charge in [0.15, 0.2) is 0 Å². The molecule has 1 atom stereocenters. The highest BCUT2D eigenvalue weighted by Crippen LogP contribution is 2.27. The van der Waals surface area contributed by atoms with Gasteiger partial charge in [-0.2, -0.15) is 0 Å². The van der Waals surface area contributed by atoms with Crippen LogP contribution in [0.2, 0.25) is 5.15 Å². The van der Waals surface area contributed by atoms with Crippen LogP contribution in [-0.4, -0.2) is 9.55 Å². The summed E-state index contributed by atoms with van der Waals surface area (Å²) in [6.07, 6.45) is 1.39. The van der Waals surface area contributed by atoms with Crippen LogP contribution in [0.1, 0.15) is 52.6 Å². The molecule has 0 saturated carbocycles. The molecule has 0 aromatic carbocycles. The number of halogens is 1. The summed E-state index contributed by atoms with van der Waals surface area (Å²) < 4.78 is 1.27. The van der Waals surface area contributed by atoms with Crippen molar-refractivity contribution in [1.29, 1.82) is 0 Å². The minimum Gasteiger partial charge on any atom is -0.297 e. The van der Waals surface area contributed by atoms with Crippen LogP contribution in [0, 0.1) is 5.41 Å². The van der Waals surface area contributed by atoms with E-state index in [-0.39, 0.29) is 22.2 Å². The molecule has 1 rings (SSSR count). The lowest BCUT2D eigenvalue weighted by atomic mass is 9.88. The van der Waals surface area contributed by atoms with Crippen LogP contribution in [0.25, 0.3) is 0 Å². The van der Waals surface area contributed by atoms with Crippen molar-refractivity contribution >= 4 is 11.6 Å². The highest BCUT2D eigenvalue weighted by Gasteiger charge is 2.26. The van der Waals surface area contributed by atoms with Gasteiger partial charge in [0.25, 0.3) is 5.56 Å². The molecule has 0 saturated heterocycles. The Morgan fingerprint density at radius 1 is 1.33 bits per heavy atom. The Bertz CT molecular complexity index is 537. The predicted octanol–water partition coefficient (Wildman–Crippen LogP) is 2.75. The van der Waals surface area contributed by atoms with Crippen LogP contribution in [0.5, 0.6) is 0 Å². The number of nitrogens with one attached hydrogen (secondary N) is 1. The van der Waals surface area contributed by atoms with Crippen molar-refractivity contribution in [3.8, 4) is 0 Å². The first-order valence-corrected chi connectivity index (χ1v) is 6.61. The van der Waals surface area contributed by atoms with Gasteiger partial charge in [-0.1, -0.05) is 45.7 Å². The molecule has 5 heteroatoms. The molecular weight excluding hydrogens is 252 g/mol. The van der Waals surface area contributed by atoms with Crippen molar-refractivity contribution in [1.82, 2.24) is 9.55 Å². The summed E-state index contributed by atoms with van der Waals surface area (Å²) in [4.78, 5) is 26.8. The van der Waals surface area contributed by atoms with E-state index in [0.29, 0.717) is 12.0 Å². The van der Waals surface area contributed by atoms with Crippen LogP contribution in [0.15, 0.2) is 9.59 Å². The Morgan fingerprint density at radius 2 is 1.89 bits per heavy atom. The van der Waals surface area contributed by atoms with Gasteiger partial charge < -0.3 is 0 Å². The fourth-order valence-corrected chi connectivity index (χ4v) is 2.02. The van der Waals surface area contributed by atoms with Crippen molar-refractivity contribution in [3.05, 3.63) is 31.6 Å². The average molecular weight is 273 g/mol. The zero-order chi connectivity index (χ0) is 14.1. The average Bonchev–Trinajstić information content (AvgIpc) is 2.22. The highest BCUT2D eigenvalue weighted by molar-refractivity contribution is 6.30. The summed E-state index contributed by atoms with van der Waals surface area (Å²) in [7, 11) is 0. The lowest BCUT2D eigenvalue weighted by Crippen LogP contribution is -2.43. The number of aromatic nitrogens is 2. The van der Waals surface area contributed by atoms with E-state index in [1.54, 1.807) is 0 Å². The third kappa shape index (κ3) is 2.86. The van der Waals surface area contributed by atoms with Gasteiger partial charge in [0.2, 0.25) is 0 Å². The van der Waals surface area contributed by atoms with Crippen LogP contribution in [-0.2, 0) is 6.42 Å². The molecular formula is C13H21ClN2O2. The Hall–Kier alpha value is -1.03. The van der Waals surface area contributed by atoms with E-state index in [1.165, 1.54) is 4.57 Å². The second-order valence-electron chi connectivity index (χ2n) is 5.69. The number of rotatable bonds is 3. The second-order valence-corrected chi connectivity index (χ2v) is 6.07. The van der Waals surface area contributed by atoms with Crippen LogP contribution >= 0.6 is 11.6 Å². The van der Waals surface area contributed by atoms with Gasteiger partial charge in [-0.25, -0.2) is 4.79 Å². The second kappa shape index (κ2) is 5.31. The van der Waals surface area contributed by atoms with Gasteiger partial charge in [0.1, 0.15) is 5.15 Å². The molecule has 1 heterocycles. The van der Waals surface area contributed by atoms with Crippen LogP contribution in [0.3, 0.4) is 0 Å². The summed E-state index contributed by atoms with van der Waals surface area (Å²) in [5.41, 5.74) is -0.385. The van der Waals surface area contributed by atoms with Crippen molar-refractivity contribution in [3.63, 3.8) is 0 Å². The van der Waals surface area contributed by atoms with E-state index in [0.717, 1.165) is 6.42 Å². The van der Waals surface area contributed by atoms with Gasteiger partial charge in [-0.15, -0.1) is 0 Å². The standard InChI is InChI=1S/C13H21ClN2O2/c1-6-7-9-10(14)15-12(18)16(11(9)17)8(2)13(3,4)5/h8H,6-7H2,1-5H3,(H,15,18).